The third-order valence-electron chi connectivity index (χ3n) is 2.34. The van der Waals surface area contributed by atoms with Gasteiger partial charge in [-0.25, -0.2) is 8.42 Å². The minimum Gasteiger partial charge on any atom is -0.381 e. The normalized spacial score (nSPS) is 11.7. The van der Waals surface area contributed by atoms with Crippen LogP contribution in [0.1, 0.15) is 0 Å². The minimum absolute atomic E-state index is 0.188. The van der Waals surface area contributed by atoms with Crippen LogP contribution in [0.4, 0.5) is 5.82 Å². The first-order valence-corrected chi connectivity index (χ1v) is 8.15. The van der Waals surface area contributed by atoms with Gasteiger partial charge in [-0.15, -0.1) is 0 Å². The maximum atomic E-state index is 11.7. The number of H-pyrrole nitrogens is 1. The molecule has 96 valence electrons. The van der Waals surface area contributed by atoms with Crippen molar-refractivity contribution in [1.82, 2.24) is 10.2 Å². The summed E-state index contributed by atoms with van der Waals surface area (Å²) in [5.41, 5.74) is 6.67. The molecule has 1 aromatic carbocycles. The van der Waals surface area contributed by atoms with Gasteiger partial charge in [-0.05, 0) is 40.8 Å². The largest absolute Gasteiger partial charge is 0.381 e. The van der Waals surface area contributed by atoms with E-state index in [-0.39, 0.29) is 4.90 Å². The number of benzene rings is 1. The number of nitrogens with zero attached hydrogens (tertiary/aromatic N) is 1. The van der Waals surface area contributed by atoms with Gasteiger partial charge < -0.3 is 5.73 Å². The van der Waals surface area contributed by atoms with Gasteiger partial charge in [0, 0.05) is 16.8 Å². The third-order valence-corrected chi connectivity index (χ3v) is 4.82. The Hall–Kier alpha value is -0.800. The number of aromatic nitrogens is 2. The van der Waals surface area contributed by atoms with Gasteiger partial charge in [0.25, 0.3) is 0 Å². The van der Waals surface area contributed by atoms with Crippen molar-refractivity contribution in [2.45, 2.75) is 4.90 Å². The number of aromatic amines is 1. The van der Waals surface area contributed by atoms with Crippen LogP contribution in [0.3, 0.4) is 0 Å². The summed E-state index contributed by atoms with van der Waals surface area (Å²) in [6, 6.07) is 4.58. The molecule has 0 aliphatic rings. The Morgan fingerprint density at radius 2 is 2.11 bits per heavy atom. The first-order chi connectivity index (χ1) is 8.30. The Kier molecular flexibility index (Phi) is 3.56. The molecule has 1 aromatic heterocycles. The van der Waals surface area contributed by atoms with Crippen LogP contribution in [0, 0.1) is 3.57 Å². The molecule has 5 nitrogen and oxygen atoms in total. The summed E-state index contributed by atoms with van der Waals surface area (Å²) in [5.74, 6) is 0.324. The zero-order chi connectivity index (χ0) is 13.5. The highest BCUT2D eigenvalue weighted by Gasteiger charge is 2.19. The number of halogens is 2. The third kappa shape index (κ3) is 2.47. The molecule has 0 bridgehead atoms. The first kappa shape index (κ1) is 13.6. The molecule has 0 atom stereocenters. The number of hydrogen-bond donors (Lipinski definition) is 2. The standard InChI is InChI=1S/C10H9ClIN3O2S/c1-18(16,17)7-3-2-5(11)4-6(7)9-8(12)10(13)15-14-9/h2-4H,1H3,(H3,13,14,15). The molecule has 0 amide bonds. The molecule has 0 fully saturated rings. The molecule has 3 N–H and O–H groups in total. The Balaban J connectivity index is 2.78. The van der Waals surface area contributed by atoms with Crippen molar-refractivity contribution in [3.05, 3.63) is 26.8 Å². The zero-order valence-corrected chi connectivity index (χ0v) is 13.0. The number of nitrogens with two attached hydrogens (primary N) is 1. The number of sulfone groups is 1. The van der Waals surface area contributed by atoms with Crippen LogP contribution in [-0.4, -0.2) is 24.9 Å². The Morgan fingerprint density at radius 3 is 2.61 bits per heavy atom. The number of anilines is 1. The quantitative estimate of drug-likeness (QED) is 0.761. The summed E-state index contributed by atoms with van der Waals surface area (Å²) in [6.45, 7) is 0. The predicted molar refractivity (Wildman–Crippen MR) is 79.3 cm³/mol. The lowest BCUT2D eigenvalue weighted by Gasteiger charge is -2.07. The number of nitrogen functional groups attached to an aromatic ring is 1. The molecule has 0 saturated carbocycles. The highest BCUT2D eigenvalue weighted by molar-refractivity contribution is 14.1. The van der Waals surface area contributed by atoms with Gasteiger partial charge in [0.05, 0.1) is 14.2 Å². The summed E-state index contributed by atoms with van der Waals surface area (Å²) >= 11 is 7.92. The van der Waals surface area contributed by atoms with Gasteiger partial charge >= 0.3 is 0 Å². The molecule has 0 radical (unpaired) electrons. The van der Waals surface area contributed by atoms with E-state index in [1.165, 1.54) is 12.1 Å². The lowest BCUT2D eigenvalue weighted by Crippen LogP contribution is -2.00. The molecular formula is C10H9ClIN3O2S. The second kappa shape index (κ2) is 4.71. The highest BCUT2D eigenvalue weighted by Crippen LogP contribution is 2.33. The fraction of sp³-hybridized carbons (Fsp3) is 0.100. The molecule has 0 unspecified atom stereocenters. The van der Waals surface area contributed by atoms with E-state index in [0.717, 1.165) is 6.26 Å². The minimum atomic E-state index is -3.36. The molecule has 2 rings (SSSR count). The van der Waals surface area contributed by atoms with E-state index >= 15 is 0 Å². The topological polar surface area (TPSA) is 88.8 Å². The van der Waals surface area contributed by atoms with E-state index in [1.807, 2.05) is 22.6 Å². The second-order valence-electron chi connectivity index (χ2n) is 3.71. The van der Waals surface area contributed by atoms with Crippen molar-refractivity contribution in [1.29, 1.82) is 0 Å². The van der Waals surface area contributed by atoms with Crippen molar-refractivity contribution in [2.24, 2.45) is 0 Å². The maximum Gasteiger partial charge on any atom is 0.176 e. The lowest BCUT2D eigenvalue weighted by molar-refractivity contribution is 0.602. The molecule has 18 heavy (non-hydrogen) atoms. The van der Waals surface area contributed by atoms with Crippen LogP contribution in [0.2, 0.25) is 5.02 Å². The van der Waals surface area contributed by atoms with E-state index in [2.05, 4.69) is 10.2 Å². The van der Waals surface area contributed by atoms with Crippen LogP contribution in [0.15, 0.2) is 23.1 Å². The van der Waals surface area contributed by atoms with E-state index in [9.17, 15) is 8.42 Å². The van der Waals surface area contributed by atoms with Crippen LogP contribution < -0.4 is 5.73 Å². The Bertz CT molecular complexity index is 712. The molecule has 1 heterocycles. The smallest absolute Gasteiger partial charge is 0.176 e. The molecule has 0 saturated heterocycles. The lowest BCUT2D eigenvalue weighted by atomic mass is 10.1. The SMILES string of the molecule is CS(=O)(=O)c1ccc(Cl)cc1-c1[nH]nc(N)c1I. The van der Waals surface area contributed by atoms with E-state index in [0.29, 0.717) is 25.7 Å². The molecule has 0 aliphatic carbocycles. The van der Waals surface area contributed by atoms with Crippen LogP contribution in [0.25, 0.3) is 11.3 Å². The molecule has 8 heteroatoms. The fourth-order valence-corrected chi connectivity index (χ4v) is 3.12. The van der Waals surface area contributed by atoms with Gasteiger partial charge in [0.15, 0.2) is 15.7 Å². The van der Waals surface area contributed by atoms with Crippen LogP contribution in [-0.2, 0) is 9.84 Å². The summed E-state index contributed by atoms with van der Waals surface area (Å²) < 4.78 is 24.2. The zero-order valence-electron chi connectivity index (χ0n) is 9.24. The van der Waals surface area contributed by atoms with Gasteiger partial charge in [-0.2, -0.15) is 5.10 Å². The summed E-state index contributed by atoms with van der Waals surface area (Å²) in [7, 11) is -3.36. The molecular weight excluding hydrogens is 389 g/mol. The van der Waals surface area contributed by atoms with Gasteiger partial charge in [-0.3, -0.25) is 5.10 Å². The Labute approximate surface area is 123 Å². The van der Waals surface area contributed by atoms with E-state index in [4.69, 9.17) is 17.3 Å². The average Bonchev–Trinajstić information content (AvgIpc) is 2.58. The van der Waals surface area contributed by atoms with Crippen molar-refractivity contribution < 1.29 is 8.42 Å². The van der Waals surface area contributed by atoms with Crippen molar-refractivity contribution in [3.8, 4) is 11.3 Å². The van der Waals surface area contributed by atoms with E-state index < -0.39 is 9.84 Å². The summed E-state index contributed by atoms with van der Waals surface area (Å²) in [6.07, 6.45) is 1.15. The van der Waals surface area contributed by atoms with Crippen LogP contribution >= 0.6 is 34.2 Å². The average molecular weight is 398 g/mol. The summed E-state index contributed by atoms with van der Waals surface area (Å²) in [5, 5.41) is 7.02. The summed E-state index contributed by atoms with van der Waals surface area (Å²) in [4.78, 5) is 0.188. The number of rotatable bonds is 2. The highest BCUT2D eigenvalue weighted by atomic mass is 127. The van der Waals surface area contributed by atoms with Crippen molar-refractivity contribution >= 4 is 49.8 Å². The maximum absolute atomic E-state index is 11.7. The molecule has 0 spiro atoms. The van der Waals surface area contributed by atoms with Gasteiger partial charge in [0.2, 0.25) is 0 Å². The molecule has 2 aromatic rings. The fourth-order valence-electron chi connectivity index (χ4n) is 1.54. The van der Waals surface area contributed by atoms with Gasteiger partial charge in [-0.1, -0.05) is 11.6 Å². The van der Waals surface area contributed by atoms with Crippen molar-refractivity contribution in [3.63, 3.8) is 0 Å². The monoisotopic (exact) mass is 397 g/mol. The predicted octanol–water partition coefficient (Wildman–Crippen LogP) is 2.32. The van der Waals surface area contributed by atoms with Crippen molar-refractivity contribution in [2.75, 3.05) is 12.0 Å². The number of nitrogens with one attached hydrogen (secondary N) is 1. The first-order valence-electron chi connectivity index (χ1n) is 4.80. The molecule has 0 aliphatic heterocycles. The van der Waals surface area contributed by atoms with E-state index in [1.54, 1.807) is 6.07 Å². The Morgan fingerprint density at radius 1 is 1.44 bits per heavy atom. The second-order valence-corrected chi connectivity index (χ2v) is 7.21. The number of hydrogen-bond acceptors (Lipinski definition) is 4. The van der Waals surface area contributed by atoms with Gasteiger partial charge in [0.1, 0.15) is 0 Å². The van der Waals surface area contributed by atoms with Crippen LogP contribution in [0.5, 0.6) is 0 Å².